The van der Waals surface area contributed by atoms with Crippen LogP contribution >= 0.6 is 12.4 Å². The van der Waals surface area contributed by atoms with Crippen LogP contribution in [0.5, 0.6) is 0 Å². The van der Waals surface area contributed by atoms with Gasteiger partial charge in [-0.2, -0.15) is 0 Å². The van der Waals surface area contributed by atoms with E-state index >= 15 is 0 Å². The molecule has 0 unspecified atom stereocenters. The number of allylic oxidation sites excluding steroid dienone is 6. The summed E-state index contributed by atoms with van der Waals surface area (Å²) in [7, 11) is -0.985. The van der Waals surface area contributed by atoms with Gasteiger partial charge in [-0.3, -0.25) is 0 Å². The van der Waals surface area contributed by atoms with Crippen LogP contribution in [-0.2, 0) is 28.0 Å². The molecule has 2 aliphatic rings. The van der Waals surface area contributed by atoms with Crippen molar-refractivity contribution >= 4 is 21.2 Å². The van der Waals surface area contributed by atoms with Crippen LogP contribution in [-0.4, -0.2) is 14.0 Å². The summed E-state index contributed by atoms with van der Waals surface area (Å²) in [5.74, 6) is 0. The molecule has 103 valence electrons. The molecule has 0 radical (unpaired) electrons. The van der Waals surface area contributed by atoms with E-state index < -0.39 is 8.80 Å². The van der Waals surface area contributed by atoms with Gasteiger partial charge in [0.2, 0.25) is 0 Å². The van der Waals surface area contributed by atoms with Gasteiger partial charge in [0, 0.05) is 0 Å². The van der Waals surface area contributed by atoms with Gasteiger partial charge in [0.05, 0.1) is 0 Å². The molecule has 0 atom stereocenters. The fourth-order valence-electron chi connectivity index (χ4n) is 3.04. The predicted octanol–water partition coefficient (Wildman–Crippen LogP) is 4.20. The molecule has 1 nitrogen and oxygen atoms in total. The van der Waals surface area contributed by atoms with Crippen LogP contribution in [0.1, 0.15) is 26.7 Å². The number of halogens is 1. The van der Waals surface area contributed by atoms with Crippen molar-refractivity contribution in [1.29, 1.82) is 0 Å². The molecule has 0 N–H and O–H groups in total. The van der Waals surface area contributed by atoms with Gasteiger partial charge in [-0.05, 0) is 0 Å². The molecule has 0 saturated heterocycles. The van der Waals surface area contributed by atoms with Crippen LogP contribution in [0.25, 0.3) is 0 Å². The summed E-state index contributed by atoms with van der Waals surface area (Å²) in [5.41, 5.74) is 5.76. The van der Waals surface area contributed by atoms with Gasteiger partial charge >= 0.3 is 128 Å². The Morgan fingerprint density at radius 1 is 1.05 bits per heavy atom. The first-order valence-corrected chi connectivity index (χ1v) is 10.5. The normalized spacial score (nSPS) is 18.7. The van der Waals surface area contributed by atoms with Crippen LogP contribution in [0.2, 0.25) is 13.1 Å². The fourth-order valence-corrected chi connectivity index (χ4v) is 7.55. The van der Waals surface area contributed by atoms with Crippen LogP contribution in [0.4, 0.5) is 0 Å². The van der Waals surface area contributed by atoms with E-state index in [1.807, 2.05) is 0 Å². The van der Waals surface area contributed by atoms with E-state index in [9.17, 15) is 0 Å². The Kier molecular flexibility index (Phi) is 6.26. The van der Waals surface area contributed by atoms with Crippen LogP contribution < -0.4 is 0 Å². The van der Waals surface area contributed by atoms with E-state index in [0.29, 0.717) is 0 Å². The van der Waals surface area contributed by atoms with Crippen molar-refractivity contribution in [3.05, 3.63) is 46.6 Å². The second kappa shape index (κ2) is 6.85. The molecule has 2 aliphatic carbocycles. The summed E-state index contributed by atoms with van der Waals surface area (Å²) < 4.78 is 6.21. The van der Waals surface area contributed by atoms with Crippen molar-refractivity contribution in [2.45, 2.75) is 45.0 Å². The zero-order chi connectivity index (χ0) is 13.3. The first kappa shape index (κ1) is 17.4. The molecule has 0 spiro atoms. The standard InChI is InChI=1S/C15H21OSi.ClH.Zr/c1-11-5-7-13(9-11)15(16,17(3)4)14-8-6-12(2)10-14;;/h5-6,9-10,17H,7-8H2,1-4H3;1H;/q-1;;+1. The molecular weight excluding hydrogens is 351 g/mol. The molecule has 0 heterocycles. The summed E-state index contributed by atoms with van der Waals surface area (Å²) in [6.45, 7) is 9.20. The monoisotopic (exact) mass is 371 g/mol. The second-order valence-corrected chi connectivity index (χ2v) is 9.26. The third-order valence-corrected chi connectivity index (χ3v) is 7.88. The Morgan fingerprint density at radius 2 is 1.47 bits per heavy atom. The molecule has 2 rings (SSSR count). The van der Waals surface area contributed by atoms with Gasteiger partial charge in [-0.25, -0.2) is 0 Å². The second-order valence-electron chi connectivity index (χ2n) is 5.64. The van der Waals surface area contributed by atoms with E-state index in [2.05, 4.69) is 51.2 Å². The number of hydrogen-bond acceptors (Lipinski definition) is 1. The van der Waals surface area contributed by atoms with Crippen molar-refractivity contribution in [2.24, 2.45) is 0 Å². The van der Waals surface area contributed by atoms with E-state index in [1.165, 1.54) is 47.5 Å². The minimum Gasteiger partial charge on any atom is -0.147 e. The van der Waals surface area contributed by atoms with E-state index in [0.717, 1.165) is 12.8 Å². The average Bonchev–Trinajstić information content (AvgIpc) is 2.90. The molecule has 0 saturated carbocycles. The number of hydrogen-bond donors (Lipinski definition) is 0. The maximum absolute atomic E-state index is 6.21. The van der Waals surface area contributed by atoms with Gasteiger partial charge in [0.15, 0.2) is 0 Å². The van der Waals surface area contributed by atoms with E-state index in [1.54, 1.807) is 0 Å². The quantitative estimate of drug-likeness (QED) is 0.672. The first-order chi connectivity index (χ1) is 8.50. The zero-order valence-corrected chi connectivity index (χ0v) is 16.5. The Balaban J connectivity index is 0.00000180. The minimum absolute atomic E-state index is 0. The molecule has 0 aromatic carbocycles. The molecule has 0 aliphatic heterocycles. The third kappa shape index (κ3) is 3.15. The summed E-state index contributed by atoms with van der Waals surface area (Å²) in [6, 6.07) is 0. The molecule has 0 bridgehead atoms. The maximum Gasteiger partial charge on any atom is -0.147 e. The summed E-state index contributed by atoms with van der Waals surface area (Å²) in [4.78, 5) is 0. The van der Waals surface area contributed by atoms with Gasteiger partial charge in [0.1, 0.15) is 0 Å². The molecule has 0 fully saturated rings. The Hall–Kier alpha value is 0.310. The third-order valence-electron chi connectivity index (χ3n) is 4.02. The molecule has 0 aromatic heterocycles. The first-order valence-electron chi connectivity index (χ1n) is 6.61. The minimum atomic E-state index is -0.985. The van der Waals surface area contributed by atoms with Crippen molar-refractivity contribution in [2.75, 3.05) is 0 Å². The van der Waals surface area contributed by atoms with Crippen LogP contribution in [0.3, 0.4) is 0 Å². The van der Waals surface area contributed by atoms with Crippen LogP contribution in [0.15, 0.2) is 46.6 Å². The van der Waals surface area contributed by atoms with Crippen LogP contribution in [0, 0.1) is 0 Å². The van der Waals surface area contributed by atoms with E-state index in [4.69, 9.17) is 2.81 Å². The zero-order valence-electron chi connectivity index (χ0n) is 12.1. The summed E-state index contributed by atoms with van der Waals surface area (Å²) in [6.07, 6.45) is 11.5. The van der Waals surface area contributed by atoms with Gasteiger partial charge < -0.3 is 0 Å². The molecule has 19 heavy (non-hydrogen) atoms. The average molecular weight is 373 g/mol. The molecule has 0 aromatic rings. The maximum atomic E-state index is 6.21. The van der Waals surface area contributed by atoms with Gasteiger partial charge in [0.25, 0.3) is 0 Å². The molecular formula is C15H22ClOSiZr. The summed E-state index contributed by atoms with van der Waals surface area (Å²) >= 11 is 1.19. The molecule has 0 amide bonds. The smallest absolute Gasteiger partial charge is 0.147 e. The Bertz CT molecular complexity index is 439. The summed E-state index contributed by atoms with van der Waals surface area (Å²) in [5, 5.41) is -0.0408. The SMILES string of the molecule is CC1=CCC(C([O][Zr])(C2=CC(C)=CC2)[SiH](C)C)=C1.Cl. The van der Waals surface area contributed by atoms with Crippen molar-refractivity contribution in [3.63, 3.8) is 0 Å². The predicted molar refractivity (Wildman–Crippen MR) is 82.9 cm³/mol. The van der Waals surface area contributed by atoms with Crippen molar-refractivity contribution in [3.8, 4) is 0 Å². The Morgan fingerprint density at radius 3 is 1.68 bits per heavy atom. The fraction of sp³-hybridized carbons (Fsp3) is 0.467. The Labute approximate surface area is 140 Å². The van der Waals surface area contributed by atoms with Gasteiger partial charge in [-0.1, -0.05) is 0 Å². The largest absolute Gasteiger partial charge is 0.147 e. The van der Waals surface area contributed by atoms with E-state index in [-0.39, 0.29) is 17.6 Å². The number of rotatable bonds is 4. The van der Waals surface area contributed by atoms with Crippen molar-refractivity contribution < 1.29 is 28.0 Å². The van der Waals surface area contributed by atoms with Gasteiger partial charge in [-0.15, -0.1) is 12.4 Å². The molecule has 4 heteroatoms. The van der Waals surface area contributed by atoms with Crippen molar-refractivity contribution in [1.82, 2.24) is 0 Å². The topological polar surface area (TPSA) is 9.23 Å².